The number of hydrogen-bond acceptors (Lipinski definition) is 6. The second-order valence-corrected chi connectivity index (χ2v) is 7.70. The molecule has 3 aromatic rings. The summed E-state index contributed by atoms with van der Waals surface area (Å²) in [5, 5.41) is 2.56. The van der Waals surface area contributed by atoms with Gasteiger partial charge in [0.05, 0.1) is 29.8 Å². The lowest BCUT2D eigenvalue weighted by molar-refractivity contribution is -0.141. The first kappa shape index (κ1) is 20.2. The largest absolute Gasteiger partial charge is 0.434 e. The minimum Gasteiger partial charge on any atom is -0.366 e. The Bertz CT molecular complexity index is 1180. The average Bonchev–Trinajstić information content (AvgIpc) is 3.17. The van der Waals surface area contributed by atoms with Crippen molar-refractivity contribution in [2.75, 3.05) is 28.2 Å². The fourth-order valence-electron chi connectivity index (χ4n) is 4.05. The number of halogens is 3. The van der Waals surface area contributed by atoms with Gasteiger partial charge in [-0.05, 0) is 37.6 Å². The van der Waals surface area contributed by atoms with Crippen LogP contribution in [0.5, 0.6) is 0 Å². The minimum atomic E-state index is -4.60. The number of nitrogens with one attached hydrogen (secondary N) is 1. The molecule has 0 radical (unpaired) electrons. The number of amides is 2. The van der Waals surface area contributed by atoms with Crippen LogP contribution in [0.4, 0.5) is 35.3 Å². The summed E-state index contributed by atoms with van der Waals surface area (Å²) in [6.07, 6.45) is -0.644. The molecule has 1 fully saturated rings. The number of hydrogen-bond donors (Lipinski definition) is 1. The molecule has 164 valence electrons. The molecule has 8 nitrogen and oxygen atoms in total. The van der Waals surface area contributed by atoms with E-state index < -0.39 is 17.9 Å². The number of anilines is 3. The third-order valence-corrected chi connectivity index (χ3v) is 5.54. The van der Waals surface area contributed by atoms with E-state index in [2.05, 4.69) is 25.2 Å². The van der Waals surface area contributed by atoms with Crippen LogP contribution < -0.4 is 15.1 Å². The molecule has 2 aliphatic rings. The lowest BCUT2D eigenvalue weighted by Gasteiger charge is -2.35. The number of nitrogens with zero attached hydrogens (tertiary/aromatic N) is 6. The van der Waals surface area contributed by atoms with E-state index in [0.29, 0.717) is 24.3 Å². The summed E-state index contributed by atoms with van der Waals surface area (Å²) in [4.78, 5) is 32.9. The van der Waals surface area contributed by atoms with Crippen molar-refractivity contribution in [1.82, 2.24) is 19.9 Å². The molecule has 0 aliphatic carbocycles. The molecule has 2 aliphatic heterocycles. The summed E-state index contributed by atoms with van der Waals surface area (Å²) in [6, 6.07) is 6.99. The van der Waals surface area contributed by atoms with E-state index in [1.807, 2.05) is 31.2 Å². The van der Waals surface area contributed by atoms with Gasteiger partial charge in [0.1, 0.15) is 0 Å². The number of aromatic nitrogens is 4. The smallest absolute Gasteiger partial charge is 0.366 e. The molecule has 1 saturated heterocycles. The molecule has 1 atom stereocenters. The molecule has 0 saturated carbocycles. The zero-order chi connectivity index (χ0) is 22.5. The van der Waals surface area contributed by atoms with Crippen LogP contribution in [0, 0.1) is 6.92 Å². The van der Waals surface area contributed by atoms with E-state index in [4.69, 9.17) is 4.98 Å². The Hall–Kier alpha value is -3.76. The fraction of sp³-hybridized carbons (Fsp3) is 0.286. The number of fused-ring (bicyclic) bond motifs is 4. The lowest BCUT2D eigenvalue weighted by Crippen LogP contribution is -2.48. The number of carbonyl (C=O) groups excluding carboxylic acids is 1. The van der Waals surface area contributed by atoms with Crippen LogP contribution in [-0.2, 0) is 6.18 Å². The highest BCUT2D eigenvalue weighted by atomic mass is 19.4. The maximum Gasteiger partial charge on any atom is 0.434 e. The molecular weight excluding hydrogens is 423 g/mol. The first-order valence-electron chi connectivity index (χ1n) is 9.98. The Morgan fingerprint density at radius 1 is 1.16 bits per heavy atom. The van der Waals surface area contributed by atoms with Crippen molar-refractivity contribution < 1.29 is 18.0 Å². The van der Waals surface area contributed by atoms with Gasteiger partial charge >= 0.3 is 12.2 Å². The van der Waals surface area contributed by atoms with Crippen LogP contribution in [0.3, 0.4) is 0 Å². The number of aryl methyl sites for hydroxylation is 1. The molecule has 5 heterocycles. The second-order valence-electron chi connectivity index (χ2n) is 7.70. The summed E-state index contributed by atoms with van der Waals surface area (Å²) in [5.41, 5.74) is 2.14. The van der Waals surface area contributed by atoms with Gasteiger partial charge in [0.25, 0.3) is 0 Å². The summed E-state index contributed by atoms with van der Waals surface area (Å²) in [6.45, 7) is 3.34. The topological polar surface area (TPSA) is 87.1 Å². The van der Waals surface area contributed by atoms with Gasteiger partial charge in [-0.3, -0.25) is 15.2 Å². The quantitative estimate of drug-likeness (QED) is 0.649. The van der Waals surface area contributed by atoms with E-state index in [1.54, 1.807) is 11.1 Å². The number of pyridine rings is 2. The van der Waals surface area contributed by atoms with Gasteiger partial charge in [-0.2, -0.15) is 13.2 Å². The Morgan fingerprint density at radius 3 is 2.72 bits per heavy atom. The average molecular weight is 441 g/mol. The molecule has 2 bridgehead atoms. The Kier molecular flexibility index (Phi) is 4.68. The van der Waals surface area contributed by atoms with Crippen LogP contribution in [0.2, 0.25) is 0 Å². The van der Waals surface area contributed by atoms with Crippen LogP contribution in [0.1, 0.15) is 17.8 Å². The molecule has 5 rings (SSSR count). The number of urea groups is 1. The number of alkyl halides is 3. The zero-order valence-electron chi connectivity index (χ0n) is 17.0. The van der Waals surface area contributed by atoms with Gasteiger partial charge in [-0.15, -0.1) is 0 Å². The van der Waals surface area contributed by atoms with Gasteiger partial charge in [0.2, 0.25) is 0 Å². The van der Waals surface area contributed by atoms with E-state index in [1.165, 1.54) is 0 Å². The van der Waals surface area contributed by atoms with Gasteiger partial charge in [0, 0.05) is 30.5 Å². The predicted molar refractivity (Wildman–Crippen MR) is 111 cm³/mol. The van der Waals surface area contributed by atoms with Crippen molar-refractivity contribution in [2.24, 2.45) is 0 Å². The van der Waals surface area contributed by atoms with Crippen molar-refractivity contribution in [2.45, 2.75) is 25.6 Å². The van der Waals surface area contributed by atoms with Gasteiger partial charge in [0.15, 0.2) is 17.3 Å². The van der Waals surface area contributed by atoms with Gasteiger partial charge < -0.3 is 4.90 Å². The SMILES string of the molecule is Cc1cc(-c2ccc3c(n2)N(C(=O)Nc2cnc(C(F)(F)F)cn2)[C@H]2CCN3C2)ccn1. The summed E-state index contributed by atoms with van der Waals surface area (Å²) in [5.74, 6) is 0.439. The molecule has 2 amide bonds. The molecular formula is C21H18F3N7O. The molecule has 0 aromatic carbocycles. The van der Waals surface area contributed by atoms with Crippen molar-refractivity contribution in [3.05, 3.63) is 54.2 Å². The Labute approximate surface area is 181 Å². The summed E-state index contributed by atoms with van der Waals surface area (Å²) < 4.78 is 38.2. The Balaban J connectivity index is 1.47. The van der Waals surface area contributed by atoms with Crippen molar-refractivity contribution in [1.29, 1.82) is 0 Å². The Morgan fingerprint density at radius 2 is 2.00 bits per heavy atom. The normalized spacial score (nSPS) is 17.3. The van der Waals surface area contributed by atoms with Gasteiger partial charge in [-0.1, -0.05) is 0 Å². The third kappa shape index (κ3) is 3.59. The van der Waals surface area contributed by atoms with E-state index in [9.17, 15) is 18.0 Å². The molecule has 0 spiro atoms. The van der Waals surface area contributed by atoms with Crippen LogP contribution in [0.25, 0.3) is 11.3 Å². The molecule has 11 heteroatoms. The molecule has 3 aromatic heterocycles. The van der Waals surface area contributed by atoms with Crippen molar-refractivity contribution >= 4 is 23.4 Å². The predicted octanol–water partition coefficient (Wildman–Crippen LogP) is 3.89. The number of carbonyl (C=O) groups is 1. The van der Waals surface area contributed by atoms with Gasteiger partial charge in [-0.25, -0.2) is 19.7 Å². The fourth-order valence-corrected chi connectivity index (χ4v) is 4.05. The third-order valence-electron chi connectivity index (χ3n) is 5.54. The molecule has 32 heavy (non-hydrogen) atoms. The van der Waals surface area contributed by atoms with Crippen LogP contribution >= 0.6 is 0 Å². The van der Waals surface area contributed by atoms with E-state index in [-0.39, 0.29) is 11.9 Å². The first-order chi connectivity index (χ1) is 15.3. The van der Waals surface area contributed by atoms with E-state index in [0.717, 1.165) is 36.1 Å². The summed E-state index contributed by atoms with van der Waals surface area (Å²) in [7, 11) is 0. The summed E-state index contributed by atoms with van der Waals surface area (Å²) >= 11 is 0. The van der Waals surface area contributed by atoms with Crippen molar-refractivity contribution in [3.8, 4) is 11.3 Å². The number of rotatable bonds is 2. The van der Waals surface area contributed by atoms with E-state index >= 15 is 0 Å². The highest BCUT2D eigenvalue weighted by molar-refractivity contribution is 6.04. The van der Waals surface area contributed by atoms with Crippen LogP contribution in [0.15, 0.2) is 42.9 Å². The van der Waals surface area contributed by atoms with Crippen LogP contribution in [-0.4, -0.2) is 45.1 Å². The lowest BCUT2D eigenvalue weighted by atomic mass is 10.1. The maximum atomic E-state index is 13.2. The highest BCUT2D eigenvalue weighted by Gasteiger charge is 2.40. The highest BCUT2D eigenvalue weighted by Crippen LogP contribution is 2.40. The standard InChI is InChI=1S/C21H18F3N7O/c1-12-8-13(4-6-25-12)15-2-3-16-19(28-15)31(14-5-7-30(16)11-14)20(32)29-18-10-26-17(9-27-18)21(22,23)24/h2-4,6,8-10,14H,5,7,11H2,1H3,(H,27,29,32)/t14-/m0/s1. The maximum absolute atomic E-state index is 13.2. The zero-order valence-corrected chi connectivity index (χ0v) is 17.0. The van der Waals surface area contributed by atoms with Crippen molar-refractivity contribution in [3.63, 3.8) is 0 Å². The first-order valence-corrected chi connectivity index (χ1v) is 9.98. The second kappa shape index (κ2) is 7.43. The molecule has 0 unspecified atom stereocenters. The monoisotopic (exact) mass is 441 g/mol. The molecule has 1 N–H and O–H groups in total. The minimum absolute atomic E-state index is 0.0640.